The van der Waals surface area contributed by atoms with Crippen molar-refractivity contribution in [2.75, 3.05) is 7.11 Å². The van der Waals surface area contributed by atoms with Crippen molar-refractivity contribution in [1.82, 2.24) is 3.97 Å². The summed E-state index contributed by atoms with van der Waals surface area (Å²) in [6.45, 7) is 1.86. The molecule has 0 spiro atoms. The fourth-order valence-electron chi connectivity index (χ4n) is 5.26. The Morgan fingerprint density at radius 3 is 2.41 bits per heavy atom. The number of methoxy groups -OCH3 is 1. The number of rotatable bonds is 6. The second kappa shape index (κ2) is 11.4. The van der Waals surface area contributed by atoms with Crippen LogP contribution in [0.2, 0.25) is 5.02 Å². The lowest BCUT2D eigenvalue weighted by atomic mass is 9.96. The summed E-state index contributed by atoms with van der Waals surface area (Å²) in [7, 11) is -2.95. The minimum absolute atomic E-state index is 0.0561. The van der Waals surface area contributed by atoms with Crippen LogP contribution in [0.15, 0.2) is 101 Å². The average molecular weight is 641 g/mol. The maximum atomic E-state index is 14.8. The monoisotopic (exact) mass is 640 g/mol. The number of hydrogen-bond donors (Lipinski definition) is 0. The Hall–Kier alpha value is -4.75. The van der Waals surface area contributed by atoms with E-state index in [9.17, 15) is 22.9 Å². The molecular formula is C34H22ClFN2O4S2. The molecule has 6 rings (SSSR count). The van der Waals surface area contributed by atoms with Crippen molar-refractivity contribution in [3.63, 3.8) is 0 Å². The molecule has 0 radical (unpaired) electrons. The van der Waals surface area contributed by atoms with Crippen molar-refractivity contribution in [1.29, 1.82) is 5.26 Å². The van der Waals surface area contributed by atoms with E-state index in [1.807, 2.05) is 13.0 Å². The molecule has 0 aliphatic heterocycles. The molecule has 0 unspecified atom stereocenters. The lowest BCUT2D eigenvalue weighted by Crippen LogP contribution is -2.14. The van der Waals surface area contributed by atoms with Crippen LogP contribution in [0.3, 0.4) is 0 Å². The number of esters is 1. The number of hydrogen-bond acceptors (Lipinski definition) is 6. The van der Waals surface area contributed by atoms with Crippen molar-refractivity contribution in [2.24, 2.45) is 0 Å². The molecular weight excluding hydrogens is 619 g/mol. The van der Waals surface area contributed by atoms with Gasteiger partial charge in [0.1, 0.15) is 16.8 Å². The molecule has 0 fully saturated rings. The number of benzene rings is 4. The molecule has 2 aromatic heterocycles. The van der Waals surface area contributed by atoms with E-state index in [4.69, 9.17) is 16.3 Å². The number of nitrogens with zero attached hydrogens (tertiary/aromatic N) is 2. The summed E-state index contributed by atoms with van der Waals surface area (Å²) in [6, 6.07) is 26.3. The highest BCUT2D eigenvalue weighted by molar-refractivity contribution is 7.90. The van der Waals surface area contributed by atoms with Crippen LogP contribution in [0.5, 0.6) is 0 Å². The number of fused-ring (bicyclic) bond motifs is 1. The zero-order chi connectivity index (χ0) is 31.2. The first-order chi connectivity index (χ1) is 21.1. The van der Waals surface area contributed by atoms with E-state index in [1.54, 1.807) is 53.9 Å². The van der Waals surface area contributed by atoms with E-state index in [0.29, 0.717) is 43.1 Å². The van der Waals surface area contributed by atoms with Crippen LogP contribution in [0.4, 0.5) is 4.39 Å². The van der Waals surface area contributed by atoms with Crippen molar-refractivity contribution in [2.45, 2.75) is 11.8 Å². The summed E-state index contributed by atoms with van der Waals surface area (Å²) in [5.74, 6) is -1.07. The Bertz CT molecular complexity index is 2250. The molecule has 0 saturated heterocycles. The molecule has 0 amide bonds. The molecule has 218 valence electrons. The molecule has 0 aliphatic carbocycles. The second-order valence-corrected chi connectivity index (χ2v) is 13.1. The molecule has 0 aliphatic rings. The SMILES string of the molecule is COC(=O)c1ccc(-c2cccc(-c3c(-c4ccsc4C#N)c4cc(F)ccc4n3S(=O)(=O)c3ccc(C)cc3)c2)c(Cl)c1. The molecule has 0 saturated carbocycles. The van der Waals surface area contributed by atoms with Gasteiger partial charge in [-0.15, -0.1) is 11.3 Å². The van der Waals surface area contributed by atoms with Gasteiger partial charge in [-0.25, -0.2) is 21.6 Å². The van der Waals surface area contributed by atoms with Gasteiger partial charge in [0.05, 0.1) is 28.8 Å². The predicted octanol–water partition coefficient (Wildman–Crippen LogP) is 8.70. The normalized spacial score (nSPS) is 11.4. The van der Waals surface area contributed by atoms with Gasteiger partial charge in [0.2, 0.25) is 0 Å². The third-order valence-electron chi connectivity index (χ3n) is 7.32. The fourth-order valence-corrected chi connectivity index (χ4v) is 7.78. The standard InChI is InChI=1S/C34H22ClFN2O4S2/c1-20-6-10-25(11-7-20)44(40,41)38-30-13-9-24(36)18-28(30)32(27-14-15-43-31(27)19-37)33(38)22-5-3-4-21(16-22)26-12-8-23(17-29(26)35)34(39)42-2/h3-18H,1-2H3. The fraction of sp³-hybridized carbons (Fsp3) is 0.0588. The van der Waals surface area contributed by atoms with E-state index in [2.05, 4.69) is 6.07 Å². The third kappa shape index (κ3) is 4.97. The van der Waals surface area contributed by atoms with Crippen molar-refractivity contribution < 1.29 is 22.3 Å². The van der Waals surface area contributed by atoms with Crippen LogP contribution in [-0.4, -0.2) is 25.5 Å². The number of carbonyl (C=O) groups is 1. The lowest BCUT2D eigenvalue weighted by Gasteiger charge is -2.15. The minimum atomic E-state index is -4.23. The summed E-state index contributed by atoms with van der Waals surface area (Å²) in [5.41, 5.74) is 4.36. The number of aromatic nitrogens is 1. The Morgan fingerprint density at radius 2 is 1.70 bits per heavy atom. The van der Waals surface area contributed by atoms with Gasteiger partial charge in [0.25, 0.3) is 10.0 Å². The van der Waals surface area contributed by atoms with Gasteiger partial charge < -0.3 is 4.74 Å². The Balaban J connectivity index is 1.70. The van der Waals surface area contributed by atoms with Crippen LogP contribution < -0.4 is 0 Å². The molecule has 0 N–H and O–H groups in total. The largest absolute Gasteiger partial charge is 0.465 e. The van der Waals surface area contributed by atoms with Gasteiger partial charge in [0, 0.05) is 32.7 Å². The Labute approximate surface area is 262 Å². The topological polar surface area (TPSA) is 89.2 Å². The number of thiophene rings is 1. The smallest absolute Gasteiger partial charge is 0.337 e. The Morgan fingerprint density at radius 1 is 0.955 bits per heavy atom. The Kier molecular flexibility index (Phi) is 7.59. The van der Waals surface area contributed by atoms with Gasteiger partial charge in [-0.2, -0.15) is 5.26 Å². The van der Waals surface area contributed by atoms with Crippen LogP contribution in [0.25, 0.3) is 44.4 Å². The molecule has 4 aromatic carbocycles. The van der Waals surface area contributed by atoms with Crippen molar-refractivity contribution in [3.8, 4) is 39.6 Å². The summed E-state index contributed by atoms with van der Waals surface area (Å²) >= 11 is 7.82. The van der Waals surface area contributed by atoms with Crippen molar-refractivity contribution >= 4 is 49.8 Å². The number of nitriles is 1. The molecule has 2 heterocycles. The summed E-state index contributed by atoms with van der Waals surface area (Å²) in [6.07, 6.45) is 0. The number of halogens is 2. The molecule has 6 aromatic rings. The zero-order valence-corrected chi connectivity index (χ0v) is 25.7. The van der Waals surface area contributed by atoms with Gasteiger partial charge in [-0.3, -0.25) is 0 Å². The number of aryl methyl sites for hydroxylation is 1. The quantitative estimate of drug-likeness (QED) is 0.170. The first-order valence-electron chi connectivity index (χ1n) is 13.3. The van der Waals surface area contributed by atoms with E-state index in [0.717, 1.165) is 5.56 Å². The maximum Gasteiger partial charge on any atom is 0.337 e. The van der Waals surface area contributed by atoms with Crippen molar-refractivity contribution in [3.05, 3.63) is 123 Å². The first kappa shape index (κ1) is 29.3. The van der Waals surface area contributed by atoms with E-state index < -0.39 is 21.8 Å². The highest BCUT2D eigenvalue weighted by Crippen LogP contribution is 2.46. The maximum absolute atomic E-state index is 14.8. The highest BCUT2D eigenvalue weighted by atomic mass is 35.5. The predicted molar refractivity (Wildman–Crippen MR) is 171 cm³/mol. The molecule has 6 nitrogen and oxygen atoms in total. The van der Waals surface area contributed by atoms with Crippen LogP contribution in [0, 0.1) is 24.1 Å². The zero-order valence-electron chi connectivity index (χ0n) is 23.3. The third-order valence-corrected chi connectivity index (χ3v) is 10.2. The first-order valence-corrected chi connectivity index (χ1v) is 16.0. The van der Waals surface area contributed by atoms with Crippen LogP contribution in [-0.2, 0) is 14.8 Å². The lowest BCUT2D eigenvalue weighted by molar-refractivity contribution is 0.0600. The van der Waals surface area contributed by atoms with Crippen LogP contribution in [0.1, 0.15) is 20.8 Å². The summed E-state index contributed by atoms with van der Waals surface area (Å²) < 4.78 is 49.8. The van der Waals surface area contributed by atoms with E-state index in [1.165, 1.54) is 58.8 Å². The number of carbonyl (C=O) groups excluding carboxylic acids is 1. The minimum Gasteiger partial charge on any atom is -0.465 e. The van der Waals surface area contributed by atoms with Gasteiger partial charge in [-0.1, -0.05) is 53.6 Å². The van der Waals surface area contributed by atoms with Gasteiger partial charge in [-0.05, 0) is 72.5 Å². The second-order valence-electron chi connectivity index (χ2n) is 10.0. The van der Waals surface area contributed by atoms with Crippen LogP contribution >= 0.6 is 22.9 Å². The average Bonchev–Trinajstić information content (AvgIpc) is 3.63. The van der Waals surface area contributed by atoms with E-state index in [-0.39, 0.29) is 21.7 Å². The molecule has 0 bridgehead atoms. The van der Waals surface area contributed by atoms with Gasteiger partial charge >= 0.3 is 5.97 Å². The molecule has 0 atom stereocenters. The summed E-state index contributed by atoms with van der Waals surface area (Å²) in [5, 5.41) is 12.3. The van der Waals surface area contributed by atoms with Gasteiger partial charge in [0.15, 0.2) is 0 Å². The molecule has 44 heavy (non-hydrogen) atoms. The molecule has 10 heteroatoms. The van der Waals surface area contributed by atoms with E-state index >= 15 is 0 Å². The number of ether oxygens (including phenoxy) is 1. The highest BCUT2D eigenvalue weighted by Gasteiger charge is 2.30. The summed E-state index contributed by atoms with van der Waals surface area (Å²) in [4.78, 5) is 12.5.